The van der Waals surface area contributed by atoms with Gasteiger partial charge >= 0.3 is 0 Å². The van der Waals surface area contributed by atoms with Crippen molar-refractivity contribution in [1.29, 1.82) is 0 Å². The van der Waals surface area contributed by atoms with Crippen molar-refractivity contribution in [3.8, 4) is 5.75 Å². The van der Waals surface area contributed by atoms with Gasteiger partial charge in [-0.1, -0.05) is 12.1 Å². The maximum Gasteiger partial charge on any atom is 0.118 e. The summed E-state index contributed by atoms with van der Waals surface area (Å²) in [4.78, 5) is 0. The highest BCUT2D eigenvalue weighted by atomic mass is 16.5. The van der Waals surface area contributed by atoms with Crippen molar-refractivity contribution in [3.05, 3.63) is 29.8 Å². The fraction of sp³-hybridized carbons (Fsp3) is 0.571. The molecule has 2 unspecified atom stereocenters. The molecule has 2 atom stereocenters. The molecule has 0 aromatic heterocycles. The smallest absolute Gasteiger partial charge is 0.118 e. The van der Waals surface area contributed by atoms with Gasteiger partial charge in [0, 0.05) is 6.04 Å². The second kappa shape index (κ2) is 6.03. The summed E-state index contributed by atoms with van der Waals surface area (Å²) in [5.74, 6) is 1.72. The predicted molar refractivity (Wildman–Crippen MR) is 70.4 cm³/mol. The number of benzene rings is 1. The second-order valence-corrected chi connectivity index (χ2v) is 4.71. The molecule has 2 rings (SSSR count). The number of rotatable bonds is 5. The first-order valence-corrected chi connectivity index (χ1v) is 6.35. The number of ether oxygens (including phenoxy) is 1. The predicted octanol–water partition coefficient (Wildman–Crippen LogP) is 1.96. The number of methoxy groups -OCH3 is 1. The Morgan fingerprint density at radius 1 is 1.41 bits per heavy atom. The summed E-state index contributed by atoms with van der Waals surface area (Å²) in [6, 6.07) is 8.83. The molecule has 0 aliphatic carbocycles. The van der Waals surface area contributed by atoms with E-state index in [0.29, 0.717) is 6.04 Å². The topological polar surface area (TPSA) is 33.3 Å². The van der Waals surface area contributed by atoms with Crippen LogP contribution in [0.25, 0.3) is 0 Å². The Morgan fingerprint density at radius 3 is 2.71 bits per heavy atom. The van der Waals surface area contributed by atoms with E-state index in [2.05, 4.69) is 22.8 Å². The van der Waals surface area contributed by atoms with Crippen LogP contribution in [0.2, 0.25) is 0 Å². The molecule has 1 saturated heterocycles. The highest BCUT2D eigenvalue weighted by Gasteiger charge is 2.19. The normalized spacial score (nSPS) is 21.4. The zero-order chi connectivity index (χ0) is 12.1. The lowest BCUT2D eigenvalue weighted by Gasteiger charge is -2.20. The van der Waals surface area contributed by atoms with E-state index in [1.807, 2.05) is 19.2 Å². The van der Waals surface area contributed by atoms with Gasteiger partial charge in [0.2, 0.25) is 0 Å². The minimum Gasteiger partial charge on any atom is -0.497 e. The molecule has 0 amide bonds. The number of hydrogen-bond donors (Lipinski definition) is 2. The van der Waals surface area contributed by atoms with E-state index >= 15 is 0 Å². The maximum atomic E-state index is 5.19. The second-order valence-electron chi connectivity index (χ2n) is 4.71. The highest BCUT2D eigenvalue weighted by molar-refractivity contribution is 5.29. The summed E-state index contributed by atoms with van der Waals surface area (Å²) < 4.78 is 5.19. The van der Waals surface area contributed by atoms with E-state index in [0.717, 1.165) is 18.2 Å². The van der Waals surface area contributed by atoms with Crippen molar-refractivity contribution in [2.45, 2.75) is 18.9 Å². The molecule has 1 aromatic rings. The maximum absolute atomic E-state index is 5.19. The Hall–Kier alpha value is -1.06. The van der Waals surface area contributed by atoms with Crippen LogP contribution in [0.4, 0.5) is 0 Å². The van der Waals surface area contributed by atoms with E-state index in [9.17, 15) is 0 Å². The monoisotopic (exact) mass is 234 g/mol. The molecule has 1 aliphatic rings. The molecule has 0 saturated carbocycles. The number of hydrogen-bond acceptors (Lipinski definition) is 3. The fourth-order valence-corrected chi connectivity index (χ4v) is 2.51. The Kier molecular flexibility index (Phi) is 4.40. The van der Waals surface area contributed by atoms with Crippen molar-refractivity contribution < 1.29 is 4.74 Å². The summed E-state index contributed by atoms with van der Waals surface area (Å²) in [7, 11) is 3.74. The summed E-state index contributed by atoms with van der Waals surface area (Å²) >= 11 is 0. The Bertz CT molecular complexity index is 331. The van der Waals surface area contributed by atoms with Crippen LogP contribution in [0.1, 0.15) is 24.4 Å². The average molecular weight is 234 g/mol. The highest BCUT2D eigenvalue weighted by Crippen LogP contribution is 2.25. The Labute approximate surface area is 104 Å². The van der Waals surface area contributed by atoms with E-state index in [1.165, 1.54) is 24.9 Å². The van der Waals surface area contributed by atoms with E-state index in [4.69, 9.17) is 4.74 Å². The molecular formula is C14H22N2O. The van der Waals surface area contributed by atoms with Gasteiger partial charge in [0.25, 0.3) is 0 Å². The third-order valence-electron chi connectivity index (χ3n) is 3.60. The largest absolute Gasteiger partial charge is 0.497 e. The van der Waals surface area contributed by atoms with Gasteiger partial charge in [-0.3, -0.25) is 0 Å². The van der Waals surface area contributed by atoms with E-state index < -0.39 is 0 Å². The zero-order valence-corrected chi connectivity index (χ0v) is 10.7. The van der Waals surface area contributed by atoms with Crippen molar-refractivity contribution >= 4 is 0 Å². The summed E-state index contributed by atoms with van der Waals surface area (Å²) in [5.41, 5.74) is 1.35. The van der Waals surface area contributed by atoms with Gasteiger partial charge in [-0.2, -0.15) is 0 Å². The molecular weight excluding hydrogens is 212 g/mol. The molecule has 3 heteroatoms. The number of nitrogens with one attached hydrogen (secondary N) is 2. The Balaban J connectivity index is 2.00. The van der Waals surface area contributed by atoms with Crippen LogP contribution < -0.4 is 15.4 Å². The first-order chi connectivity index (χ1) is 8.33. The third-order valence-corrected chi connectivity index (χ3v) is 3.60. The van der Waals surface area contributed by atoms with Crippen LogP contribution in [-0.4, -0.2) is 27.2 Å². The first-order valence-electron chi connectivity index (χ1n) is 6.35. The SMILES string of the molecule is CNC(CC1CCNC1)c1ccc(OC)cc1. The molecule has 0 bridgehead atoms. The molecule has 1 aromatic carbocycles. The molecule has 1 fully saturated rings. The lowest BCUT2D eigenvalue weighted by molar-refractivity contribution is 0.412. The van der Waals surface area contributed by atoms with Gasteiger partial charge in [-0.05, 0) is 56.6 Å². The van der Waals surface area contributed by atoms with Gasteiger partial charge in [0.1, 0.15) is 5.75 Å². The van der Waals surface area contributed by atoms with Crippen LogP contribution >= 0.6 is 0 Å². The molecule has 1 aliphatic heterocycles. The average Bonchev–Trinajstić information content (AvgIpc) is 2.89. The van der Waals surface area contributed by atoms with Crippen LogP contribution in [0, 0.1) is 5.92 Å². The van der Waals surface area contributed by atoms with Gasteiger partial charge in [0.05, 0.1) is 7.11 Å². The summed E-state index contributed by atoms with van der Waals surface area (Å²) in [6.07, 6.45) is 2.50. The van der Waals surface area contributed by atoms with Crippen molar-refractivity contribution in [3.63, 3.8) is 0 Å². The van der Waals surface area contributed by atoms with Crippen LogP contribution in [0.15, 0.2) is 24.3 Å². The lowest BCUT2D eigenvalue weighted by Crippen LogP contribution is -2.21. The van der Waals surface area contributed by atoms with Crippen LogP contribution in [-0.2, 0) is 0 Å². The zero-order valence-electron chi connectivity index (χ0n) is 10.7. The summed E-state index contributed by atoms with van der Waals surface area (Å²) in [6.45, 7) is 2.33. The minimum atomic E-state index is 0.450. The van der Waals surface area contributed by atoms with Crippen molar-refractivity contribution in [1.82, 2.24) is 10.6 Å². The summed E-state index contributed by atoms with van der Waals surface area (Å²) in [5, 5.41) is 6.84. The van der Waals surface area contributed by atoms with Crippen molar-refractivity contribution in [2.75, 3.05) is 27.2 Å². The van der Waals surface area contributed by atoms with E-state index in [1.54, 1.807) is 7.11 Å². The van der Waals surface area contributed by atoms with Crippen molar-refractivity contribution in [2.24, 2.45) is 5.92 Å². The van der Waals surface area contributed by atoms with E-state index in [-0.39, 0.29) is 0 Å². The quantitative estimate of drug-likeness (QED) is 0.817. The third kappa shape index (κ3) is 3.20. The van der Waals surface area contributed by atoms with Gasteiger partial charge in [0.15, 0.2) is 0 Å². The first kappa shape index (κ1) is 12.4. The molecule has 0 spiro atoms. The molecule has 1 heterocycles. The van der Waals surface area contributed by atoms with Gasteiger partial charge < -0.3 is 15.4 Å². The van der Waals surface area contributed by atoms with Crippen LogP contribution in [0.3, 0.4) is 0 Å². The molecule has 94 valence electrons. The molecule has 2 N–H and O–H groups in total. The van der Waals surface area contributed by atoms with Gasteiger partial charge in [-0.25, -0.2) is 0 Å². The van der Waals surface area contributed by atoms with Gasteiger partial charge in [-0.15, -0.1) is 0 Å². The fourth-order valence-electron chi connectivity index (χ4n) is 2.51. The molecule has 17 heavy (non-hydrogen) atoms. The lowest BCUT2D eigenvalue weighted by atomic mass is 9.94. The molecule has 3 nitrogen and oxygen atoms in total. The minimum absolute atomic E-state index is 0.450. The standard InChI is InChI=1S/C14H22N2O/c1-15-14(9-11-7-8-16-10-11)12-3-5-13(17-2)6-4-12/h3-6,11,14-16H,7-10H2,1-2H3. The molecule has 0 radical (unpaired) electrons. The van der Waals surface area contributed by atoms with Crippen LogP contribution in [0.5, 0.6) is 5.75 Å². The Morgan fingerprint density at radius 2 is 2.18 bits per heavy atom.